The van der Waals surface area contributed by atoms with Gasteiger partial charge in [-0.15, -0.1) is 0 Å². The van der Waals surface area contributed by atoms with Gasteiger partial charge in [0.15, 0.2) is 0 Å². The van der Waals surface area contributed by atoms with Crippen molar-refractivity contribution in [2.45, 2.75) is 58.1 Å². The molecule has 2 atom stereocenters. The minimum absolute atomic E-state index is 0.395. The highest BCUT2D eigenvalue weighted by molar-refractivity contribution is 5.14. The van der Waals surface area contributed by atoms with Gasteiger partial charge in [0.25, 0.3) is 0 Å². The summed E-state index contributed by atoms with van der Waals surface area (Å²) in [7, 11) is 2.05. The maximum Gasteiger partial charge on any atom is 0.0625 e. The van der Waals surface area contributed by atoms with Crippen LogP contribution in [0.2, 0.25) is 0 Å². The zero-order chi connectivity index (χ0) is 13.7. The highest BCUT2D eigenvalue weighted by Crippen LogP contribution is 2.24. The molecule has 2 heterocycles. The highest BCUT2D eigenvalue weighted by Gasteiger charge is 2.20. The van der Waals surface area contributed by atoms with Gasteiger partial charge in [-0.05, 0) is 44.7 Å². The van der Waals surface area contributed by atoms with Crippen LogP contribution in [0.3, 0.4) is 0 Å². The van der Waals surface area contributed by atoms with Gasteiger partial charge in [-0.25, -0.2) is 0 Å². The molecule has 0 aliphatic carbocycles. The molecule has 1 aliphatic rings. The Kier molecular flexibility index (Phi) is 5.40. The normalized spacial score (nSPS) is 20.9. The summed E-state index contributed by atoms with van der Waals surface area (Å²) in [6.07, 6.45) is 6.19. The van der Waals surface area contributed by atoms with E-state index in [2.05, 4.69) is 30.3 Å². The molecule has 1 aromatic rings. The smallest absolute Gasteiger partial charge is 0.0625 e. The summed E-state index contributed by atoms with van der Waals surface area (Å²) in [4.78, 5) is 0. The fourth-order valence-electron chi connectivity index (χ4n) is 2.87. The third-order valence-electron chi connectivity index (χ3n) is 3.94. The maximum atomic E-state index is 5.72. The second kappa shape index (κ2) is 7.06. The lowest BCUT2D eigenvalue weighted by molar-refractivity contribution is 0.0994. The van der Waals surface area contributed by atoms with E-state index < -0.39 is 0 Å². The molecular weight excluding hydrogens is 238 g/mol. The number of rotatable bonds is 7. The molecule has 1 fully saturated rings. The second-order valence-corrected chi connectivity index (χ2v) is 5.36. The number of aryl methyl sites for hydroxylation is 2. The second-order valence-electron chi connectivity index (χ2n) is 5.36. The predicted octanol–water partition coefficient (Wildman–Crippen LogP) is 2.59. The third kappa shape index (κ3) is 3.80. The van der Waals surface area contributed by atoms with Crippen LogP contribution in [0.5, 0.6) is 0 Å². The molecule has 1 N–H and O–H groups in total. The average molecular weight is 265 g/mol. The van der Waals surface area contributed by atoms with Gasteiger partial charge in [0.2, 0.25) is 0 Å². The fraction of sp³-hybridized carbons (Fsp3) is 0.800. The Morgan fingerprint density at radius 2 is 2.37 bits per heavy atom. The van der Waals surface area contributed by atoms with Gasteiger partial charge in [0, 0.05) is 19.7 Å². The monoisotopic (exact) mass is 265 g/mol. The molecule has 1 saturated heterocycles. The van der Waals surface area contributed by atoms with Gasteiger partial charge in [0.1, 0.15) is 0 Å². The fourth-order valence-corrected chi connectivity index (χ4v) is 2.87. The topological polar surface area (TPSA) is 39.1 Å². The van der Waals surface area contributed by atoms with Crippen molar-refractivity contribution < 1.29 is 4.74 Å². The van der Waals surface area contributed by atoms with Crippen molar-refractivity contribution >= 4 is 0 Å². The van der Waals surface area contributed by atoms with Crippen molar-refractivity contribution in [1.82, 2.24) is 15.1 Å². The molecule has 0 aromatic carbocycles. The summed E-state index contributed by atoms with van der Waals surface area (Å²) < 4.78 is 7.75. The summed E-state index contributed by atoms with van der Waals surface area (Å²) in [5, 5.41) is 8.14. The third-order valence-corrected chi connectivity index (χ3v) is 3.94. The van der Waals surface area contributed by atoms with E-state index in [4.69, 9.17) is 4.74 Å². The van der Waals surface area contributed by atoms with E-state index in [0.717, 1.165) is 32.4 Å². The number of ether oxygens (including phenoxy) is 1. The molecule has 4 heteroatoms. The van der Waals surface area contributed by atoms with E-state index in [1.54, 1.807) is 0 Å². The van der Waals surface area contributed by atoms with Crippen LogP contribution in [0.25, 0.3) is 0 Å². The van der Waals surface area contributed by atoms with Crippen LogP contribution in [0.1, 0.15) is 57.0 Å². The quantitative estimate of drug-likeness (QED) is 0.823. The molecule has 0 saturated carbocycles. The van der Waals surface area contributed by atoms with Crippen LogP contribution in [0.4, 0.5) is 0 Å². The number of hydrogen-bond donors (Lipinski definition) is 1. The molecule has 1 aliphatic heterocycles. The molecule has 4 nitrogen and oxygen atoms in total. The van der Waals surface area contributed by atoms with Gasteiger partial charge < -0.3 is 10.1 Å². The number of aromatic nitrogens is 2. The van der Waals surface area contributed by atoms with Crippen LogP contribution in [0.15, 0.2) is 6.07 Å². The first-order valence-corrected chi connectivity index (χ1v) is 7.62. The van der Waals surface area contributed by atoms with Crippen molar-refractivity contribution in [3.63, 3.8) is 0 Å². The summed E-state index contributed by atoms with van der Waals surface area (Å²) in [6.45, 7) is 6.25. The molecule has 108 valence electrons. The molecule has 2 rings (SSSR count). The highest BCUT2D eigenvalue weighted by atomic mass is 16.5. The summed E-state index contributed by atoms with van der Waals surface area (Å²) in [6, 6.07) is 2.63. The van der Waals surface area contributed by atoms with Gasteiger partial charge in [-0.2, -0.15) is 5.10 Å². The number of nitrogens with zero attached hydrogens (tertiary/aromatic N) is 2. The van der Waals surface area contributed by atoms with Gasteiger partial charge in [0.05, 0.1) is 17.5 Å². The first kappa shape index (κ1) is 14.5. The molecule has 0 spiro atoms. The summed E-state index contributed by atoms with van der Waals surface area (Å²) >= 11 is 0. The predicted molar refractivity (Wildman–Crippen MR) is 77.2 cm³/mol. The van der Waals surface area contributed by atoms with E-state index in [1.807, 2.05) is 11.7 Å². The Morgan fingerprint density at radius 3 is 2.95 bits per heavy atom. The Morgan fingerprint density at radius 1 is 1.53 bits per heavy atom. The van der Waals surface area contributed by atoms with Crippen molar-refractivity contribution in [2.75, 3.05) is 13.2 Å². The molecule has 2 unspecified atom stereocenters. The lowest BCUT2D eigenvalue weighted by atomic mass is 10.0. The first-order valence-electron chi connectivity index (χ1n) is 7.62. The largest absolute Gasteiger partial charge is 0.378 e. The van der Waals surface area contributed by atoms with Gasteiger partial charge in [-0.1, -0.05) is 13.8 Å². The molecule has 0 amide bonds. The van der Waals surface area contributed by atoms with Gasteiger partial charge >= 0.3 is 0 Å². The zero-order valence-corrected chi connectivity index (χ0v) is 12.5. The van der Waals surface area contributed by atoms with Gasteiger partial charge in [-0.3, -0.25) is 4.68 Å². The van der Waals surface area contributed by atoms with Crippen LogP contribution in [0, 0.1) is 0 Å². The van der Waals surface area contributed by atoms with Crippen molar-refractivity contribution in [1.29, 1.82) is 0 Å². The van der Waals surface area contributed by atoms with Crippen molar-refractivity contribution in [3.8, 4) is 0 Å². The summed E-state index contributed by atoms with van der Waals surface area (Å²) in [5.41, 5.74) is 2.48. The molecule has 0 radical (unpaired) electrons. The van der Waals surface area contributed by atoms with Crippen LogP contribution in [-0.2, 0) is 18.2 Å². The molecule has 1 aromatic heterocycles. The first-order chi connectivity index (χ1) is 9.24. The average Bonchev–Trinajstić information content (AvgIpc) is 3.04. The Labute approximate surface area is 116 Å². The standard InChI is InChI=1S/C15H27N3O/c1-4-12-11-15(18(3)17-12)14(16-5-2)9-8-13-7-6-10-19-13/h11,13-14,16H,4-10H2,1-3H3. The van der Waals surface area contributed by atoms with Crippen LogP contribution in [-0.4, -0.2) is 29.0 Å². The van der Waals surface area contributed by atoms with E-state index in [1.165, 1.54) is 24.2 Å². The Bertz CT molecular complexity index is 383. The van der Waals surface area contributed by atoms with Crippen molar-refractivity contribution in [3.05, 3.63) is 17.5 Å². The number of nitrogens with one attached hydrogen (secondary N) is 1. The molecular formula is C15H27N3O. The minimum atomic E-state index is 0.395. The SMILES string of the molecule is CCNC(CCC1CCCO1)c1cc(CC)nn1C. The van der Waals surface area contributed by atoms with E-state index in [9.17, 15) is 0 Å². The Hall–Kier alpha value is -0.870. The maximum absolute atomic E-state index is 5.72. The van der Waals surface area contributed by atoms with E-state index >= 15 is 0 Å². The van der Waals surface area contributed by atoms with E-state index in [-0.39, 0.29) is 0 Å². The summed E-state index contributed by atoms with van der Waals surface area (Å²) in [5.74, 6) is 0. The molecule has 19 heavy (non-hydrogen) atoms. The number of hydrogen-bond acceptors (Lipinski definition) is 3. The lowest BCUT2D eigenvalue weighted by Gasteiger charge is -2.19. The van der Waals surface area contributed by atoms with Crippen molar-refractivity contribution in [2.24, 2.45) is 7.05 Å². The lowest BCUT2D eigenvalue weighted by Crippen LogP contribution is -2.24. The van der Waals surface area contributed by atoms with Crippen LogP contribution >= 0.6 is 0 Å². The van der Waals surface area contributed by atoms with Crippen LogP contribution < -0.4 is 5.32 Å². The zero-order valence-electron chi connectivity index (χ0n) is 12.5. The Balaban J connectivity index is 1.98. The minimum Gasteiger partial charge on any atom is -0.378 e. The molecule has 0 bridgehead atoms. The van der Waals surface area contributed by atoms with E-state index in [0.29, 0.717) is 12.1 Å².